The second-order valence-electron chi connectivity index (χ2n) is 3.37. The van der Waals surface area contributed by atoms with Crippen molar-refractivity contribution in [3.63, 3.8) is 0 Å². The third-order valence-electron chi connectivity index (χ3n) is 2.29. The van der Waals surface area contributed by atoms with Gasteiger partial charge in [-0.05, 0) is 43.2 Å². The zero-order chi connectivity index (χ0) is 10.5. The minimum absolute atomic E-state index is 0. The van der Waals surface area contributed by atoms with Gasteiger partial charge >= 0.3 is 0 Å². The van der Waals surface area contributed by atoms with E-state index >= 15 is 0 Å². The van der Waals surface area contributed by atoms with Crippen molar-refractivity contribution in [2.24, 2.45) is 0 Å². The van der Waals surface area contributed by atoms with Crippen molar-refractivity contribution in [3.8, 4) is 5.75 Å². The van der Waals surface area contributed by atoms with Gasteiger partial charge in [-0.3, -0.25) is 0 Å². The van der Waals surface area contributed by atoms with E-state index in [0.717, 1.165) is 31.9 Å². The zero-order valence-corrected chi connectivity index (χ0v) is 13.1. The molecule has 1 aliphatic rings. The SMILES string of the molecule is COc1cccc(SN2CC[N-]CC2)c1.[Y]. The topological polar surface area (TPSA) is 26.6 Å². The van der Waals surface area contributed by atoms with Crippen LogP contribution in [0.15, 0.2) is 29.2 Å². The predicted octanol–water partition coefficient (Wildman–Crippen LogP) is 2.39. The average molecular weight is 312 g/mol. The van der Waals surface area contributed by atoms with Crippen molar-refractivity contribution in [2.45, 2.75) is 4.90 Å². The first-order valence-electron chi connectivity index (χ1n) is 5.09. The third kappa shape index (κ3) is 4.34. The molecule has 2 rings (SSSR count). The Kier molecular flexibility index (Phi) is 6.93. The Bertz CT molecular complexity index is 319. The minimum Gasteiger partial charge on any atom is -0.660 e. The summed E-state index contributed by atoms with van der Waals surface area (Å²) in [4.78, 5) is 1.23. The number of methoxy groups -OCH3 is 1. The smallest absolute Gasteiger partial charge is 0.120 e. The van der Waals surface area contributed by atoms with E-state index < -0.39 is 0 Å². The first-order valence-corrected chi connectivity index (χ1v) is 5.86. The van der Waals surface area contributed by atoms with Gasteiger partial charge in [0.15, 0.2) is 0 Å². The van der Waals surface area contributed by atoms with Crippen LogP contribution in [0, 0.1) is 0 Å². The van der Waals surface area contributed by atoms with Crippen LogP contribution < -0.4 is 4.74 Å². The number of nitrogens with zero attached hydrogens (tertiary/aromatic N) is 2. The van der Waals surface area contributed by atoms with Crippen LogP contribution in [0.1, 0.15) is 0 Å². The van der Waals surface area contributed by atoms with Crippen LogP contribution in [-0.4, -0.2) is 37.6 Å². The van der Waals surface area contributed by atoms with Gasteiger partial charge in [0.05, 0.1) is 7.11 Å². The third-order valence-corrected chi connectivity index (χ3v) is 3.38. The number of benzene rings is 1. The fraction of sp³-hybridized carbons (Fsp3) is 0.455. The summed E-state index contributed by atoms with van der Waals surface area (Å²) in [5.74, 6) is 0.918. The summed E-state index contributed by atoms with van der Waals surface area (Å²) in [7, 11) is 1.70. The molecule has 1 saturated heterocycles. The van der Waals surface area contributed by atoms with Crippen molar-refractivity contribution in [3.05, 3.63) is 29.6 Å². The maximum absolute atomic E-state index is 5.19. The number of rotatable bonds is 3. The van der Waals surface area contributed by atoms with Gasteiger partial charge in [0.1, 0.15) is 5.75 Å². The largest absolute Gasteiger partial charge is 0.660 e. The molecule has 0 bridgehead atoms. The molecule has 16 heavy (non-hydrogen) atoms. The van der Waals surface area contributed by atoms with E-state index in [0.29, 0.717) is 0 Å². The van der Waals surface area contributed by atoms with Crippen LogP contribution in [-0.2, 0) is 32.7 Å². The zero-order valence-electron chi connectivity index (χ0n) is 9.43. The van der Waals surface area contributed by atoms with Gasteiger partial charge in [-0.2, -0.15) is 0 Å². The second kappa shape index (κ2) is 7.67. The van der Waals surface area contributed by atoms with Crippen LogP contribution in [0.2, 0.25) is 0 Å². The number of piperazine rings is 1. The molecule has 0 aromatic heterocycles. The molecule has 85 valence electrons. The van der Waals surface area contributed by atoms with Crippen molar-refractivity contribution in [2.75, 3.05) is 33.3 Å². The van der Waals surface area contributed by atoms with E-state index in [9.17, 15) is 0 Å². The Morgan fingerprint density at radius 1 is 1.31 bits per heavy atom. The van der Waals surface area contributed by atoms with E-state index in [2.05, 4.69) is 21.8 Å². The van der Waals surface area contributed by atoms with E-state index in [1.54, 1.807) is 19.1 Å². The Morgan fingerprint density at radius 2 is 2.06 bits per heavy atom. The van der Waals surface area contributed by atoms with Crippen molar-refractivity contribution in [1.29, 1.82) is 0 Å². The Hall–Kier alpha value is 0.394. The molecular weight excluding hydrogens is 297 g/mol. The molecule has 1 heterocycles. The second-order valence-corrected chi connectivity index (χ2v) is 4.54. The molecule has 1 aromatic carbocycles. The van der Waals surface area contributed by atoms with Gasteiger partial charge in [0.25, 0.3) is 0 Å². The van der Waals surface area contributed by atoms with Gasteiger partial charge in [-0.15, -0.1) is 13.1 Å². The van der Waals surface area contributed by atoms with Gasteiger partial charge < -0.3 is 10.1 Å². The summed E-state index contributed by atoms with van der Waals surface area (Å²) in [6.45, 7) is 4.00. The molecule has 0 saturated carbocycles. The summed E-state index contributed by atoms with van der Waals surface area (Å²) in [6, 6.07) is 8.17. The molecule has 5 heteroatoms. The van der Waals surface area contributed by atoms with Crippen LogP contribution in [0.4, 0.5) is 0 Å². The van der Waals surface area contributed by atoms with Gasteiger partial charge in [0, 0.05) is 37.6 Å². The molecule has 0 spiro atoms. The molecule has 1 aromatic rings. The summed E-state index contributed by atoms with van der Waals surface area (Å²) < 4.78 is 7.54. The molecule has 1 radical (unpaired) electrons. The average Bonchev–Trinajstić information content (AvgIpc) is 2.31. The fourth-order valence-electron chi connectivity index (χ4n) is 1.49. The number of ether oxygens (including phenoxy) is 1. The molecule has 0 amide bonds. The summed E-state index contributed by atoms with van der Waals surface area (Å²) >= 11 is 1.79. The Labute approximate surface area is 126 Å². The molecule has 3 nitrogen and oxygen atoms in total. The molecular formula is C11H15N2OSY-. The molecule has 0 atom stereocenters. The van der Waals surface area contributed by atoms with Crippen LogP contribution in [0.3, 0.4) is 0 Å². The van der Waals surface area contributed by atoms with Crippen molar-refractivity contribution < 1.29 is 37.4 Å². The maximum Gasteiger partial charge on any atom is 0.120 e. The normalized spacial score (nSPS) is 16.6. The van der Waals surface area contributed by atoms with Crippen molar-refractivity contribution >= 4 is 11.9 Å². The Morgan fingerprint density at radius 3 is 2.75 bits per heavy atom. The van der Waals surface area contributed by atoms with Gasteiger partial charge in [-0.1, -0.05) is 6.07 Å². The van der Waals surface area contributed by atoms with Crippen molar-refractivity contribution in [1.82, 2.24) is 4.31 Å². The van der Waals surface area contributed by atoms with Gasteiger partial charge in [-0.25, -0.2) is 4.31 Å². The Balaban J connectivity index is 0.00000128. The summed E-state index contributed by atoms with van der Waals surface area (Å²) in [6.07, 6.45) is 0. The van der Waals surface area contributed by atoms with E-state index in [-0.39, 0.29) is 32.7 Å². The first kappa shape index (κ1) is 14.5. The van der Waals surface area contributed by atoms with E-state index in [1.807, 2.05) is 12.1 Å². The number of hydrogen-bond acceptors (Lipinski definition) is 3. The fourth-order valence-corrected chi connectivity index (χ4v) is 2.44. The molecule has 0 unspecified atom stereocenters. The molecule has 1 fully saturated rings. The monoisotopic (exact) mass is 312 g/mol. The molecule has 1 aliphatic heterocycles. The van der Waals surface area contributed by atoms with E-state index in [4.69, 9.17) is 4.74 Å². The first-order chi connectivity index (χ1) is 7.38. The minimum atomic E-state index is 0. The van der Waals surface area contributed by atoms with Gasteiger partial charge in [0.2, 0.25) is 0 Å². The maximum atomic E-state index is 5.19. The summed E-state index contributed by atoms with van der Waals surface area (Å²) in [5.41, 5.74) is 0. The predicted molar refractivity (Wildman–Crippen MR) is 63.5 cm³/mol. The van der Waals surface area contributed by atoms with Crippen LogP contribution in [0.5, 0.6) is 5.75 Å². The summed E-state index contributed by atoms with van der Waals surface area (Å²) in [5, 5.41) is 4.32. The molecule has 0 N–H and O–H groups in total. The number of hydrogen-bond donors (Lipinski definition) is 0. The standard InChI is InChI=1S/C11H15N2OS.Y/c1-14-10-3-2-4-11(9-10)15-13-7-5-12-6-8-13;/h2-4,9H,5-8H2,1H3;/q-1;. The van der Waals surface area contributed by atoms with Crippen LogP contribution >= 0.6 is 11.9 Å². The quantitative estimate of drug-likeness (QED) is 0.802. The molecule has 0 aliphatic carbocycles. The van der Waals surface area contributed by atoms with Crippen LogP contribution in [0.25, 0.3) is 5.32 Å². The van der Waals surface area contributed by atoms with E-state index in [1.165, 1.54) is 4.90 Å².